The van der Waals surface area contributed by atoms with Crippen LogP contribution in [0.5, 0.6) is 0 Å². The van der Waals surface area contributed by atoms with Crippen molar-refractivity contribution in [2.75, 3.05) is 0 Å². The molecule has 0 aromatic heterocycles. The summed E-state index contributed by atoms with van der Waals surface area (Å²) < 4.78 is 0. The maximum atomic E-state index is 2.18. The average molecular weight is 161 g/mol. The van der Waals surface area contributed by atoms with Crippen molar-refractivity contribution in [3.63, 3.8) is 0 Å². The molecule has 0 amide bonds. The molecule has 0 aliphatic heterocycles. The van der Waals surface area contributed by atoms with Crippen LogP contribution in [0.15, 0.2) is 0 Å². The molecule has 0 atom stereocenters. The number of hydrogen-bond donors (Lipinski definition) is 0. The Balaban J connectivity index is 0. The van der Waals surface area contributed by atoms with Crippen LogP contribution in [0, 0.1) is 0 Å². The third-order valence-electron chi connectivity index (χ3n) is 0.500. The van der Waals surface area contributed by atoms with Gasteiger partial charge in [0.05, 0.1) is 0 Å². The van der Waals surface area contributed by atoms with Gasteiger partial charge >= 0.3 is 0 Å². The molecule has 0 N–H and O–H groups in total. The molecular weight excluding hydrogens is 151 g/mol. The summed E-state index contributed by atoms with van der Waals surface area (Å²) in [4.78, 5) is 0. The van der Waals surface area contributed by atoms with Gasteiger partial charge in [-0.3, -0.25) is 0 Å². The van der Waals surface area contributed by atoms with Crippen LogP contribution in [0.3, 0.4) is 0 Å². The van der Waals surface area contributed by atoms with E-state index in [2.05, 4.69) is 13.8 Å². The summed E-state index contributed by atoms with van der Waals surface area (Å²) in [5.41, 5.74) is 0. The molecule has 0 nitrogen and oxygen atoms in total. The van der Waals surface area contributed by atoms with Gasteiger partial charge in [0, 0.05) is 19.5 Å². The first-order valence-corrected chi connectivity index (χ1v) is 1.91. The molecule has 1 heteroatoms. The minimum absolute atomic E-state index is 0. The Bertz CT molecular complexity index is 5.61. The van der Waals surface area contributed by atoms with E-state index in [1.165, 1.54) is 12.8 Å². The van der Waals surface area contributed by atoms with Crippen molar-refractivity contribution in [3.05, 3.63) is 0 Å². The van der Waals surface area contributed by atoms with Gasteiger partial charge in [-0.15, -0.1) is 0 Å². The van der Waals surface area contributed by atoms with Crippen LogP contribution in [0.4, 0.5) is 0 Å². The summed E-state index contributed by atoms with van der Waals surface area (Å²) in [6.45, 7) is 4.36. The van der Waals surface area contributed by atoms with Gasteiger partial charge in [0.15, 0.2) is 0 Å². The largest absolute Gasteiger partial charge is 0.0654 e. The minimum Gasteiger partial charge on any atom is -0.0654 e. The molecule has 0 saturated heterocycles. The molecule has 5 heavy (non-hydrogen) atoms. The molecule has 0 spiro atoms. The maximum Gasteiger partial charge on any atom is 0 e. The van der Waals surface area contributed by atoms with Crippen LogP contribution >= 0.6 is 0 Å². The van der Waals surface area contributed by atoms with E-state index < -0.39 is 0 Å². The summed E-state index contributed by atoms with van der Waals surface area (Å²) in [6, 6.07) is 0. The Morgan fingerprint density at radius 1 is 1.00 bits per heavy atom. The SMILES string of the molecule is CCCC.[Rh]. The molecule has 0 saturated carbocycles. The van der Waals surface area contributed by atoms with Crippen molar-refractivity contribution in [1.29, 1.82) is 0 Å². The number of unbranched alkanes of at least 4 members (excludes halogenated alkanes) is 1. The van der Waals surface area contributed by atoms with Crippen molar-refractivity contribution in [2.45, 2.75) is 26.7 Å². The Hall–Kier alpha value is 0.623. The fourth-order valence-corrected chi connectivity index (χ4v) is 0. The second-order valence-corrected chi connectivity index (χ2v) is 1.000. The van der Waals surface area contributed by atoms with Gasteiger partial charge in [-0.2, -0.15) is 0 Å². The van der Waals surface area contributed by atoms with Crippen molar-refractivity contribution in [2.24, 2.45) is 0 Å². The normalized spacial score (nSPS) is 6.00. The molecule has 0 fully saturated rings. The predicted molar refractivity (Wildman–Crippen MR) is 20.6 cm³/mol. The molecule has 0 aromatic rings. The van der Waals surface area contributed by atoms with E-state index in [0.717, 1.165) is 0 Å². The Labute approximate surface area is 46.7 Å². The zero-order valence-electron chi connectivity index (χ0n) is 3.75. The fraction of sp³-hybridized carbons (Fsp3) is 1.00. The van der Waals surface area contributed by atoms with Crippen LogP contribution < -0.4 is 0 Å². The monoisotopic (exact) mass is 161 g/mol. The van der Waals surface area contributed by atoms with Crippen LogP contribution in [-0.4, -0.2) is 0 Å². The van der Waals surface area contributed by atoms with Gasteiger partial charge < -0.3 is 0 Å². The summed E-state index contributed by atoms with van der Waals surface area (Å²) in [5, 5.41) is 0. The fourth-order valence-electron chi connectivity index (χ4n) is 0. The minimum atomic E-state index is 0. The van der Waals surface area contributed by atoms with Crippen molar-refractivity contribution >= 4 is 0 Å². The van der Waals surface area contributed by atoms with Crippen molar-refractivity contribution in [3.8, 4) is 0 Å². The van der Waals surface area contributed by atoms with Gasteiger partial charge in [-0.05, 0) is 0 Å². The molecular formula is C4H10Rh. The van der Waals surface area contributed by atoms with E-state index in [-0.39, 0.29) is 19.5 Å². The predicted octanol–water partition coefficient (Wildman–Crippen LogP) is 1.80. The number of rotatable bonds is 1. The second-order valence-electron chi connectivity index (χ2n) is 1.000. The molecule has 1 radical (unpaired) electrons. The standard InChI is InChI=1S/C4H10.Rh/c1-3-4-2;/h3-4H2,1-2H3;. The number of hydrogen-bond acceptors (Lipinski definition) is 0. The van der Waals surface area contributed by atoms with Gasteiger partial charge in [-0.25, -0.2) is 0 Å². The smallest absolute Gasteiger partial charge is 0 e. The van der Waals surface area contributed by atoms with Gasteiger partial charge in [0.1, 0.15) is 0 Å². The third kappa shape index (κ3) is 12.1. The van der Waals surface area contributed by atoms with E-state index in [1.54, 1.807) is 0 Å². The van der Waals surface area contributed by atoms with Crippen LogP contribution in [0.2, 0.25) is 0 Å². The zero-order chi connectivity index (χ0) is 3.41. The Kier molecular flexibility index (Phi) is 16.2. The molecule has 0 unspecified atom stereocenters. The molecule has 0 heterocycles. The quantitative estimate of drug-likeness (QED) is 0.514. The summed E-state index contributed by atoms with van der Waals surface area (Å²) in [5.74, 6) is 0. The third-order valence-corrected chi connectivity index (χ3v) is 0.500. The van der Waals surface area contributed by atoms with Crippen LogP contribution in [0.25, 0.3) is 0 Å². The molecule has 0 aromatic carbocycles. The van der Waals surface area contributed by atoms with Crippen LogP contribution in [0.1, 0.15) is 26.7 Å². The molecule has 35 valence electrons. The summed E-state index contributed by atoms with van der Waals surface area (Å²) in [7, 11) is 0. The molecule has 0 aliphatic rings. The van der Waals surface area contributed by atoms with Gasteiger partial charge in [0.2, 0.25) is 0 Å². The molecule has 0 bridgehead atoms. The van der Waals surface area contributed by atoms with E-state index in [9.17, 15) is 0 Å². The zero-order valence-corrected chi connectivity index (χ0v) is 5.39. The van der Waals surface area contributed by atoms with E-state index in [4.69, 9.17) is 0 Å². The van der Waals surface area contributed by atoms with E-state index in [0.29, 0.717) is 0 Å². The van der Waals surface area contributed by atoms with Gasteiger partial charge in [0.25, 0.3) is 0 Å². The maximum absolute atomic E-state index is 2.18. The van der Waals surface area contributed by atoms with Crippen LogP contribution in [-0.2, 0) is 19.5 Å². The Morgan fingerprint density at radius 3 is 1.20 bits per heavy atom. The topological polar surface area (TPSA) is 0 Å². The van der Waals surface area contributed by atoms with E-state index >= 15 is 0 Å². The second kappa shape index (κ2) is 8.82. The van der Waals surface area contributed by atoms with Crippen molar-refractivity contribution in [1.82, 2.24) is 0 Å². The van der Waals surface area contributed by atoms with Crippen molar-refractivity contribution < 1.29 is 19.5 Å². The Morgan fingerprint density at radius 2 is 1.20 bits per heavy atom. The van der Waals surface area contributed by atoms with E-state index in [1.807, 2.05) is 0 Å². The first kappa shape index (κ1) is 9.16. The van der Waals surface area contributed by atoms with Gasteiger partial charge in [-0.1, -0.05) is 26.7 Å². The first-order valence-electron chi connectivity index (χ1n) is 1.91. The summed E-state index contributed by atoms with van der Waals surface area (Å²) in [6.07, 6.45) is 2.64. The summed E-state index contributed by atoms with van der Waals surface area (Å²) >= 11 is 0. The first-order chi connectivity index (χ1) is 1.91. The molecule has 0 rings (SSSR count). The molecule has 0 aliphatic carbocycles. The average Bonchev–Trinajstić information content (AvgIpc) is 1.37.